The lowest BCUT2D eigenvalue weighted by molar-refractivity contribution is -0.305. The zero-order chi connectivity index (χ0) is 32.9. The number of methoxy groups -OCH3 is 1. The van der Waals surface area contributed by atoms with Gasteiger partial charge < -0.3 is 29.4 Å². The minimum Gasteiger partial charge on any atom is -0.388 e. The number of aliphatic hydroxyl groups excluding tert-OH is 1. The monoisotopic (exact) mass is 654 g/mol. The van der Waals surface area contributed by atoms with Crippen molar-refractivity contribution < 1.29 is 24.1 Å². The van der Waals surface area contributed by atoms with Crippen LogP contribution in [0.4, 0.5) is 0 Å². The lowest BCUT2D eigenvalue weighted by Crippen LogP contribution is -2.62. The van der Waals surface area contributed by atoms with Gasteiger partial charge in [0.2, 0.25) is 0 Å². The summed E-state index contributed by atoms with van der Waals surface area (Å²) in [4.78, 5) is 0. The van der Waals surface area contributed by atoms with Gasteiger partial charge in [0.1, 0.15) is 24.4 Å². The van der Waals surface area contributed by atoms with Crippen LogP contribution in [0.3, 0.4) is 0 Å². The molecule has 1 aliphatic carbocycles. The molecule has 0 radical (unpaired) electrons. The summed E-state index contributed by atoms with van der Waals surface area (Å²) in [6, 6.07) is 0.525. The fourth-order valence-corrected chi connectivity index (χ4v) is 7.35. The number of ether oxygens (including phenoxy) is 4. The molecule has 1 saturated heterocycles. The van der Waals surface area contributed by atoms with Crippen molar-refractivity contribution in [2.45, 2.75) is 230 Å². The molecule has 2 fully saturated rings. The van der Waals surface area contributed by atoms with E-state index in [0.29, 0.717) is 25.8 Å². The highest BCUT2D eigenvalue weighted by atomic mass is 16.7. The fraction of sp³-hybridized carbons (Fsp3) is 1.00. The van der Waals surface area contributed by atoms with E-state index in [4.69, 9.17) is 18.9 Å². The van der Waals surface area contributed by atoms with Gasteiger partial charge in [-0.3, -0.25) is 0 Å². The number of aliphatic hydroxyl groups is 1. The van der Waals surface area contributed by atoms with Gasteiger partial charge in [-0.2, -0.15) is 0 Å². The Balaban J connectivity index is 1.68. The fourth-order valence-electron chi connectivity index (χ4n) is 7.35. The van der Waals surface area contributed by atoms with Gasteiger partial charge in [-0.1, -0.05) is 168 Å². The van der Waals surface area contributed by atoms with Crippen LogP contribution in [0.15, 0.2) is 0 Å². The van der Waals surface area contributed by atoms with E-state index in [-0.39, 0.29) is 6.10 Å². The summed E-state index contributed by atoms with van der Waals surface area (Å²) in [5, 5.41) is 15.1. The Labute approximate surface area is 286 Å². The van der Waals surface area contributed by atoms with E-state index in [1.165, 1.54) is 167 Å². The minimum absolute atomic E-state index is 0.357. The van der Waals surface area contributed by atoms with Crippen LogP contribution in [0.2, 0.25) is 0 Å². The molecule has 0 bridgehead atoms. The molecule has 0 spiro atoms. The van der Waals surface area contributed by atoms with E-state index < -0.39 is 24.6 Å². The number of nitrogens with one attached hydrogen (secondary N) is 1. The minimum atomic E-state index is -0.732. The van der Waals surface area contributed by atoms with Crippen molar-refractivity contribution in [3.8, 4) is 0 Å². The van der Waals surface area contributed by atoms with E-state index in [1.54, 1.807) is 7.11 Å². The van der Waals surface area contributed by atoms with E-state index in [2.05, 4.69) is 19.2 Å². The van der Waals surface area contributed by atoms with Gasteiger partial charge in [0.15, 0.2) is 6.29 Å². The maximum atomic E-state index is 11.5. The van der Waals surface area contributed by atoms with Crippen LogP contribution < -0.4 is 5.32 Å². The number of rotatable bonds is 32. The maximum Gasteiger partial charge on any atom is 0.186 e. The first kappa shape index (κ1) is 41.9. The smallest absolute Gasteiger partial charge is 0.186 e. The number of hydrogen-bond donors (Lipinski definition) is 2. The van der Waals surface area contributed by atoms with Crippen LogP contribution in [0.1, 0.15) is 194 Å². The van der Waals surface area contributed by atoms with E-state index >= 15 is 0 Å². The molecule has 274 valence electrons. The largest absolute Gasteiger partial charge is 0.388 e. The molecule has 0 amide bonds. The highest BCUT2D eigenvalue weighted by Crippen LogP contribution is 2.28. The third-order valence-electron chi connectivity index (χ3n) is 10.4. The molecule has 6 heteroatoms. The van der Waals surface area contributed by atoms with E-state index in [0.717, 1.165) is 12.8 Å². The van der Waals surface area contributed by atoms with Gasteiger partial charge >= 0.3 is 0 Å². The maximum absolute atomic E-state index is 11.5. The molecule has 0 aromatic carbocycles. The van der Waals surface area contributed by atoms with Crippen molar-refractivity contribution in [1.29, 1.82) is 0 Å². The molecule has 2 aliphatic rings. The zero-order valence-electron chi connectivity index (χ0n) is 31.0. The van der Waals surface area contributed by atoms with Crippen LogP contribution in [-0.2, 0) is 18.9 Å². The first-order chi connectivity index (χ1) is 22.7. The number of unbranched alkanes of at least 4 members (excludes halogenated alkanes) is 22. The zero-order valence-corrected chi connectivity index (χ0v) is 31.0. The lowest BCUT2D eigenvalue weighted by Gasteiger charge is -2.44. The second kappa shape index (κ2) is 29.7. The highest BCUT2D eigenvalue weighted by molar-refractivity contribution is 4.93. The van der Waals surface area contributed by atoms with Crippen LogP contribution in [0.5, 0.6) is 0 Å². The Kier molecular flexibility index (Phi) is 27.0. The van der Waals surface area contributed by atoms with Crippen molar-refractivity contribution in [2.75, 3.05) is 26.9 Å². The predicted octanol–water partition coefficient (Wildman–Crippen LogP) is 10.4. The highest BCUT2D eigenvalue weighted by Gasteiger charge is 2.47. The van der Waals surface area contributed by atoms with Crippen LogP contribution in [-0.4, -0.2) is 68.7 Å². The summed E-state index contributed by atoms with van der Waals surface area (Å²) in [5.41, 5.74) is 0. The molecular weight excluding hydrogens is 574 g/mol. The average Bonchev–Trinajstić information content (AvgIpc) is 3.59. The summed E-state index contributed by atoms with van der Waals surface area (Å²) >= 11 is 0. The van der Waals surface area contributed by atoms with Gasteiger partial charge in [0.05, 0.1) is 0 Å². The Bertz CT molecular complexity index is 645. The van der Waals surface area contributed by atoms with Gasteiger partial charge in [-0.25, -0.2) is 0 Å². The Morgan fingerprint density at radius 1 is 0.565 bits per heavy atom. The summed E-state index contributed by atoms with van der Waals surface area (Å²) < 4.78 is 24.9. The van der Waals surface area contributed by atoms with Crippen molar-refractivity contribution in [3.63, 3.8) is 0 Å². The number of hydrogen-bond acceptors (Lipinski definition) is 6. The molecule has 6 nitrogen and oxygen atoms in total. The topological polar surface area (TPSA) is 69.2 Å². The molecule has 0 aromatic rings. The van der Waals surface area contributed by atoms with Gasteiger partial charge in [0, 0.05) is 32.9 Å². The standard InChI is InChI=1S/C40H79NO5/c1-4-6-8-10-12-14-16-18-20-22-24-28-32-44-38-37(42)36(34-41-35-30-26-27-31-35)46-40(43-3)39(38)45-33-29-25-23-21-19-17-15-13-11-9-7-5-2/h35-42H,4-34H2,1-3H3. The van der Waals surface area contributed by atoms with Crippen LogP contribution >= 0.6 is 0 Å². The first-order valence-electron chi connectivity index (χ1n) is 20.5. The second-order valence-corrected chi connectivity index (χ2v) is 14.6. The molecule has 1 aliphatic heterocycles. The molecular formula is C40H79NO5. The summed E-state index contributed by atoms with van der Waals surface area (Å²) in [6.45, 7) is 6.49. The van der Waals surface area contributed by atoms with Crippen molar-refractivity contribution in [3.05, 3.63) is 0 Å². The Morgan fingerprint density at radius 2 is 0.957 bits per heavy atom. The van der Waals surface area contributed by atoms with Crippen LogP contribution in [0, 0.1) is 0 Å². The quantitative estimate of drug-likeness (QED) is 0.0704. The second-order valence-electron chi connectivity index (χ2n) is 14.6. The SMILES string of the molecule is CCCCCCCCCCCCCCOC1C(OC)OC(CNC2CCCC2)C(O)C1OCCCCCCCCCCCCCC. The predicted molar refractivity (Wildman–Crippen MR) is 194 cm³/mol. The Morgan fingerprint density at radius 3 is 1.37 bits per heavy atom. The first-order valence-corrected chi connectivity index (χ1v) is 20.5. The summed E-state index contributed by atoms with van der Waals surface area (Å²) in [5.74, 6) is 0. The van der Waals surface area contributed by atoms with E-state index in [9.17, 15) is 5.11 Å². The lowest BCUT2D eigenvalue weighted by atomic mass is 9.97. The molecule has 46 heavy (non-hydrogen) atoms. The van der Waals surface area contributed by atoms with Crippen LogP contribution in [0.25, 0.3) is 0 Å². The summed E-state index contributed by atoms with van der Waals surface area (Å²) in [7, 11) is 1.69. The molecule has 5 atom stereocenters. The van der Waals surface area contributed by atoms with Gasteiger partial charge in [-0.05, 0) is 25.7 Å². The van der Waals surface area contributed by atoms with Crippen molar-refractivity contribution >= 4 is 0 Å². The van der Waals surface area contributed by atoms with Gasteiger partial charge in [0.25, 0.3) is 0 Å². The molecule has 5 unspecified atom stereocenters. The summed E-state index contributed by atoms with van der Waals surface area (Å²) in [6.07, 6.45) is 34.3. The van der Waals surface area contributed by atoms with Crippen molar-refractivity contribution in [2.24, 2.45) is 0 Å². The third-order valence-corrected chi connectivity index (χ3v) is 10.4. The van der Waals surface area contributed by atoms with E-state index in [1.807, 2.05) is 0 Å². The Hall–Kier alpha value is -0.240. The molecule has 0 aromatic heterocycles. The van der Waals surface area contributed by atoms with Crippen molar-refractivity contribution in [1.82, 2.24) is 5.32 Å². The molecule has 2 rings (SSSR count). The van der Waals surface area contributed by atoms with Gasteiger partial charge in [-0.15, -0.1) is 0 Å². The third kappa shape index (κ3) is 19.7. The normalized spacial score (nSPS) is 23.9. The molecule has 2 N–H and O–H groups in total. The molecule has 1 heterocycles. The molecule has 1 saturated carbocycles. The average molecular weight is 654 g/mol.